The van der Waals surface area contributed by atoms with E-state index in [4.69, 9.17) is 18.9 Å². The highest BCUT2D eigenvalue weighted by atomic mass is 79.9. The molecule has 0 N–H and O–H groups in total. The lowest BCUT2D eigenvalue weighted by Crippen LogP contribution is -2.50. The molecule has 1 fully saturated rings. The van der Waals surface area contributed by atoms with Crippen LogP contribution in [0.2, 0.25) is 0 Å². The molecule has 1 saturated heterocycles. The Morgan fingerprint density at radius 1 is 1.21 bits per heavy atom. The summed E-state index contributed by atoms with van der Waals surface area (Å²) in [5, 5.41) is 0. The summed E-state index contributed by atoms with van der Waals surface area (Å²) in [7, 11) is 1.35. The van der Waals surface area contributed by atoms with Gasteiger partial charge in [0.25, 0.3) is 5.79 Å². The number of halogens is 1. The fraction of sp³-hybridized carbons (Fsp3) is 0.619. The van der Waals surface area contributed by atoms with Crippen molar-refractivity contribution in [2.75, 3.05) is 20.2 Å². The third-order valence-electron chi connectivity index (χ3n) is 5.34. The van der Waals surface area contributed by atoms with Gasteiger partial charge in [0.1, 0.15) is 5.60 Å². The molecule has 0 radical (unpaired) electrons. The number of rotatable bonds is 2. The smallest absolute Gasteiger partial charge is 0.410 e. The van der Waals surface area contributed by atoms with Crippen molar-refractivity contribution >= 4 is 28.0 Å². The Morgan fingerprint density at radius 2 is 1.79 bits per heavy atom. The van der Waals surface area contributed by atoms with Gasteiger partial charge >= 0.3 is 12.1 Å². The van der Waals surface area contributed by atoms with Crippen molar-refractivity contribution in [3.8, 4) is 11.5 Å². The molecule has 0 aliphatic carbocycles. The molecule has 1 amide bonds. The van der Waals surface area contributed by atoms with Crippen LogP contribution < -0.4 is 9.47 Å². The zero-order valence-electron chi connectivity index (χ0n) is 17.8. The molecule has 0 aromatic heterocycles. The molecule has 1 aromatic rings. The number of fused-ring (bicyclic) bond motifs is 1. The monoisotopic (exact) mass is 469 g/mol. The molecule has 0 spiro atoms. The van der Waals surface area contributed by atoms with Crippen LogP contribution in [0.5, 0.6) is 11.5 Å². The summed E-state index contributed by atoms with van der Waals surface area (Å²) in [6.45, 7) is 10.5. The Morgan fingerprint density at radius 3 is 2.34 bits per heavy atom. The maximum atomic E-state index is 12.3. The summed E-state index contributed by atoms with van der Waals surface area (Å²) in [4.78, 5) is 26.1. The summed E-state index contributed by atoms with van der Waals surface area (Å²) >= 11 is 3.48. The number of hydrogen-bond acceptors (Lipinski definition) is 6. The first-order chi connectivity index (χ1) is 13.4. The SMILES string of the molecule is COC(=O)c1cc(Br)c2c(c1C)O[C@@](C)(C1CCN(C(=O)OC(C)(C)C)CC1)O2. The topological polar surface area (TPSA) is 74.3 Å². The maximum absolute atomic E-state index is 12.3. The number of carbonyl (C=O) groups is 2. The van der Waals surface area contributed by atoms with Gasteiger partial charge in [-0.2, -0.15) is 0 Å². The molecule has 2 aliphatic heterocycles. The molecule has 29 heavy (non-hydrogen) atoms. The van der Waals surface area contributed by atoms with Gasteiger partial charge in [0.15, 0.2) is 11.5 Å². The number of esters is 1. The number of hydrogen-bond donors (Lipinski definition) is 0. The van der Waals surface area contributed by atoms with E-state index in [0.717, 1.165) is 12.8 Å². The number of amides is 1. The van der Waals surface area contributed by atoms with Crippen molar-refractivity contribution < 1.29 is 28.5 Å². The summed E-state index contributed by atoms with van der Waals surface area (Å²) in [5.74, 6) is -0.0657. The second-order valence-electron chi connectivity index (χ2n) is 8.64. The molecular formula is C21H28BrNO6. The predicted octanol–water partition coefficient (Wildman–Crippen LogP) is 4.68. The first kappa shape index (κ1) is 21.7. The van der Waals surface area contributed by atoms with E-state index in [-0.39, 0.29) is 12.0 Å². The van der Waals surface area contributed by atoms with Gasteiger partial charge in [-0.15, -0.1) is 0 Å². The zero-order valence-corrected chi connectivity index (χ0v) is 19.3. The van der Waals surface area contributed by atoms with E-state index >= 15 is 0 Å². The minimum absolute atomic E-state index is 0.0847. The van der Waals surface area contributed by atoms with Crippen LogP contribution in [0.15, 0.2) is 10.5 Å². The third kappa shape index (κ3) is 4.32. The molecule has 3 rings (SSSR count). The highest BCUT2D eigenvalue weighted by Gasteiger charge is 2.47. The van der Waals surface area contributed by atoms with Crippen molar-refractivity contribution in [3.05, 3.63) is 21.7 Å². The lowest BCUT2D eigenvalue weighted by atomic mass is 9.89. The summed E-state index contributed by atoms with van der Waals surface area (Å²) in [5.41, 5.74) is 0.607. The highest BCUT2D eigenvalue weighted by Crippen LogP contribution is 2.51. The number of likely N-dealkylation sites (tertiary alicyclic amines) is 1. The lowest BCUT2D eigenvalue weighted by Gasteiger charge is -2.39. The van der Waals surface area contributed by atoms with Crippen LogP contribution >= 0.6 is 15.9 Å². The van der Waals surface area contributed by atoms with Gasteiger partial charge in [-0.25, -0.2) is 9.59 Å². The molecule has 2 aliphatic rings. The van der Waals surface area contributed by atoms with Gasteiger partial charge in [0, 0.05) is 31.5 Å². The molecule has 2 heterocycles. The van der Waals surface area contributed by atoms with Crippen LogP contribution in [0.3, 0.4) is 0 Å². The summed E-state index contributed by atoms with van der Waals surface area (Å²) in [6.07, 6.45) is 1.16. The molecule has 0 saturated carbocycles. The zero-order chi connectivity index (χ0) is 21.6. The van der Waals surface area contributed by atoms with Crippen LogP contribution in [-0.2, 0) is 9.47 Å². The van der Waals surface area contributed by atoms with Crippen molar-refractivity contribution in [3.63, 3.8) is 0 Å². The van der Waals surface area contributed by atoms with Gasteiger partial charge in [0.2, 0.25) is 0 Å². The van der Waals surface area contributed by atoms with Gasteiger partial charge in [-0.1, -0.05) is 0 Å². The number of methoxy groups -OCH3 is 1. The van der Waals surface area contributed by atoms with E-state index in [1.165, 1.54) is 7.11 Å². The Hall–Kier alpha value is -1.96. The molecule has 7 nitrogen and oxygen atoms in total. The minimum atomic E-state index is -0.871. The highest BCUT2D eigenvalue weighted by molar-refractivity contribution is 9.10. The number of nitrogens with zero attached hydrogens (tertiary/aromatic N) is 1. The standard InChI is InChI=1S/C21H28BrNO6/c1-12-14(18(24)26-6)11-15(22)17-16(12)27-21(5,28-17)13-7-9-23(10-8-13)19(25)29-20(2,3)4/h11,13H,7-10H2,1-6H3/t21-/m1/s1. The van der Waals surface area contributed by atoms with E-state index in [1.807, 2.05) is 34.6 Å². The third-order valence-corrected chi connectivity index (χ3v) is 5.93. The van der Waals surface area contributed by atoms with E-state index in [9.17, 15) is 9.59 Å². The molecular weight excluding hydrogens is 442 g/mol. The number of ether oxygens (including phenoxy) is 4. The van der Waals surface area contributed by atoms with Gasteiger partial charge in [0.05, 0.1) is 17.1 Å². The fourth-order valence-electron chi connectivity index (χ4n) is 3.75. The number of carbonyl (C=O) groups excluding carboxylic acids is 2. The first-order valence-corrected chi connectivity index (χ1v) is 10.5. The van der Waals surface area contributed by atoms with Gasteiger partial charge in [-0.05, 0) is 62.5 Å². The van der Waals surface area contributed by atoms with Crippen molar-refractivity contribution in [1.29, 1.82) is 0 Å². The van der Waals surface area contributed by atoms with E-state index < -0.39 is 17.4 Å². The average Bonchev–Trinajstić information content (AvgIpc) is 3.03. The van der Waals surface area contributed by atoms with Crippen molar-refractivity contribution in [2.24, 2.45) is 5.92 Å². The van der Waals surface area contributed by atoms with E-state index in [2.05, 4.69) is 15.9 Å². The molecule has 0 bridgehead atoms. The van der Waals surface area contributed by atoms with Crippen LogP contribution in [0, 0.1) is 12.8 Å². The summed E-state index contributed by atoms with van der Waals surface area (Å²) in [6, 6.07) is 1.69. The van der Waals surface area contributed by atoms with Gasteiger partial charge < -0.3 is 23.8 Å². The van der Waals surface area contributed by atoms with Gasteiger partial charge in [-0.3, -0.25) is 0 Å². The summed E-state index contributed by atoms with van der Waals surface area (Å²) < 4.78 is 23.5. The molecule has 1 aromatic carbocycles. The molecule has 0 unspecified atom stereocenters. The van der Waals surface area contributed by atoms with Crippen LogP contribution in [-0.4, -0.2) is 48.5 Å². The minimum Gasteiger partial charge on any atom is -0.465 e. The van der Waals surface area contributed by atoms with Crippen LogP contribution in [0.1, 0.15) is 56.5 Å². The Balaban J connectivity index is 1.73. The van der Waals surface area contributed by atoms with Crippen molar-refractivity contribution in [1.82, 2.24) is 4.90 Å². The fourth-order valence-corrected chi connectivity index (χ4v) is 4.24. The van der Waals surface area contributed by atoms with Crippen LogP contribution in [0.25, 0.3) is 0 Å². The quantitative estimate of drug-likeness (QED) is 0.585. The van der Waals surface area contributed by atoms with Crippen molar-refractivity contribution in [2.45, 2.75) is 58.8 Å². The molecule has 8 heteroatoms. The maximum Gasteiger partial charge on any atom is 0.410 e. The predicted molar refractivity (Wildman–Crippen MR) is 110 cm³/mol. The average molecular weight is 470 g/mol. The largest absolute Gasteiger partial charge is 0.465 e. The Labute approximate surface area is 179 Å². The number of piperidine rings is 1. The van der Waals surface area contributed by atoms with E-state index in [1.54, 1.807) is 11.0 Å². The molecule has 1 atom stereocenters. The Kier molecular flexibility index (Phi) is 5.77. The van der Waals surface area contributed by atoms with Crippen LogP contribution in [0.4, 0.5) is 4.79 Å². The first-order valence-electron chi connectivity index (χ1n) is 9.72. The van der Waals surface area contributed by atoms with E-state index in [0.29, 0.717) is 40.2 Å². The lowest BCUT2D eigenvalue weighted by molar-refractivity contribution is -0.124. The Bertz CT molecular complexity index is 825. The number of benzene rings is 1. The second-order valence-corrected chi connectivity index (χ2v) is 9.50. The second kappa shape index (κ2) is 7.70. The molecule has 160 valence electrons. The normalized spacial score (nSPS) is 21.8.